The van der Waals surface area contributed by atoms with E-state index in [0.717, 1.165) is 30.7 Å². The number of alkyl halides is 3. The molecule has 0 aromatic heterocycles. The number of amides is 1. The van der Waals surface area contributed by atoms with Crippen molar-refractivity contribution in [2.75, 3.05) is 0 Å². The Morgan fingerprint density at radius 3 is 2.37 bits per heavy atom. The van der Waals surface area contributed by atoms with Crippen LogP contribution >= 0.6 is 0 Å². The summed E-state index contributed by atoms with van der Waals surface area (Å²) in [6.45, 7) is 1.93. The molecule has 0 saturated heterocycles. The van der Waals surface area contributed by atoms with E-state index in [0.29, 0.717) is 6.42 Å². The first-order chi connectivity index (χ1) is 8.88. The van der Waals surface area contributed by atoms with Crippen LogP contribution < -0.4 is 5.32 Å². The Kier molecular flexibility index (Phi) is 4.99. The molecule has 0 aliphatic rings. The van der Waals surface area contributed by atoms with Gasteiger partial charge in [-0.05, 0) is 30.7 Å². The fourth-order valence-corrected chi connectivity index (χ4v) is 1.54. The second-order valence-corrected chi connectivity index (χ2v) is 4.06. The molecule has 5 heteroatoms. The maximum Gasteiger partial charge on any atom is 0.416 e. The fraction of sp³-hybridized carbons (Fsp3) is 0.357. The number of carbonyl (C=O) groups is 1. The van der Waals surface area contributed by atoms with Gasteiger partial charge in [0.15, 0.2) is 0 Å². The number of nitrogens with one attached hydrogen (secondary N) is 1. The summed E-state index contributed by atoms with van der Waals surface area (Å²) < 4.78 is 37.1. The number of benzene rings is 1. The molecule has 1 aromatic rings. The number of hydrogen-bond acceptors (Lipinski definition) is 1. The molecule has 19 heavy (non-hydrogen) atoms. The van der Waals surface area contributed by atoms with Crippen LogP contribution in [0.15, 0.2) is 24.3 Å². The van der Waals surface area contributed by atoms with E-state index in [1.807, 2.05) is 6.92 Å². The van der Waals surface area contributed by atoms with E-state index in [2.05, 4.69) is 11.2 Å². The molecule has 1 rings (SSSR count). The minimum atomic E-state index is -4.40. The highest BCUT2D eigenvalue weighted by Crippen LogP contribution is 2.29. The van der Waals surface area contributed by atoms with Crippen LogP contribution in [0.4, 0.5) is 13.2 Å². The topological polar surface area (TPSA) is 29.1 Å². The molecule has 0 aliphatic carbocycles. The van der Waals surface area contributed by atoms with Crippen LogP contribution in [0, 0.1) is 12.3 Å². The minimum Gasteiger partial charge on any atom is -0.338 e. The van der Waals surface area contributed by atoms with Crippen molar-refractivity contribution in [2.45, 2.75) is 32.0 Å². The lowest BCUT2D eigenvalue weighted by Gasteiger charge is -2.12. The number of halogens is 3. The third-order valence-corrected chi connectivity index (χ3v) is 2.56. The molecule has 0 spiro atoms. The van der Waals surface area contributed by atoms with Gasteiger partial charge in [0.25, 0.3) is 5.91 Å². The second-order valence-electron chi connectivity index (χ2n) is 4.06. The Morgan fingerprint density at radius 2 is 1.95 bits per heavy atom. The van der Waals surface area contributed by atoms with Crippen molar-refractivity contribution < 1.29 is 18.0 Å². The highest BCUT2D eigenvalue weighted by Gasteiger charge is 2.30. The second kappa shape index (κ2) is 6.28. The summed E-state index contributed by atoms with van der Waals surface area (Å²) in [6, 6.07) is 3.62. The summed E-state index contributed by atoms with van der Waals surface area (Å²) >= 11 is 0. The Bertz CT molecular complexity index is 471. The predicted molar refractivity (Wildman–Crippen MR) is 66.4 cm³/mol. The van der Waals surface area contributed by atoms with Gasteiger partial charge < -0.3 is 5.32 Å². The van der Waals surface area contributed by atoms with Crippen LogP contribution in [0.3, 0.4) is 0 Å². The summed E-state index contributed by atoms with van der Waals surface area (Å²) in [5.41, 5.74) is -0.629. The van der Waals surface area contributed by atoms with E-state index in [1.54, 1.807) is 0 Å². The van der Waals surface area contributed by atoms with Crippen LogP contribution in [0.2, 0.25) is 0 Å². The number of hydrogen-bond donors (Lipinski definition) is 1. The van der Waals surface area contributed by atoms with Crippen LogP contribution in [0.25, 0.3) is 0 Å². The molecular formula is C14H14F3NO. The lowest BCUT2D eigenvalue weighted by Crippen LogP contribution is -2.33. The standard InChI is InChI=1S/C14H14F3NO/c1-3-5-12(4-2)18-13(19)10-6-8-11(9-7-10)14(15,16)17/h2,6-9,12H,3,5H2,1H3,(H,18,19). The Balaban J connectivity index is 2.76. The Morgan fingerprint density at radius 1 is 1.37 bits per heavy atom. The fourth-order valence-electron chi connectivity index (χ4n) is 1.54. The van der Waals surface area contributed by atoms with Gasteiger partial charge >= 0.3 is 6.18 Å². The van der Waals surface area contributed by atoms with E-state index >= 15 is 0 Å². The summed E-state index contributed by atoms with van der Waals surface area (Å²) in [5, 5.41) is 2.59. The molecule has 0 aliphatic heterocycles. The number of rotatable bonds is 4. The maximum atomic E-state index is 12.4. The van der Waals surface area contributed by atoms with E-state index in [9.17, 15) is 18.0 Å². The Labute approximate surface area is 110 Å². The van der Waals surface area contributed by atoms with Gasteiger partial charge in [0, 0.05) is 5.56 Å². The predicted octanol–water partition coefficient (Wildman–Crippen LogP) is 3.24. The molecule has 1 unspecified atom stereocenters. The van der Waals surface area contributed by atoms with Gasteiger partial charge in [-0.2, -0.15) is 13.2 Å². The van der Waals surface area contributed by atoms with Crippen molar-refractivity contribution in [3.8, 4) is 12.3 Å². The van der Waals surface area contributed by atoms with E-state index in [4.69, 9.17) is 6.42 Å². The first-order valence-electron chi connectivity index (χ1n) is 5.82. The highest BCUT2D eigenvalue weighted by atomic mass is 19.4. The molecule has 1 amide bonds. The first kappa shape index (κ1) is 15.1. The number of terminal acetylenes is 1. The minimum absolute atomic E-state index is 0.157. The average molecular weight is 269 g/mol. The van der Waals surface area contributed by atoms with Gasteiger partial charge in [-0.1, -0.05) is 19.3 Å². The smallest absolute Gasteiger partial charge is 0.338 e. The highest BCUT2D eigenvalue weighted by molar-refractivity contribution is 5.94. The van der Waals surface area contributed by atoms with Gasteiger partial charge in [-0.25, -0.2) is 0 Å². The van der Waals surface area contributed by atoms with Crippen LogP contribution in [-0.2, 0) is 6.18 Å². The third-order valence-electron chi connectivity index (χ3n) is 2.56. The average Bonchev–Trinajstić information content (AvgIpc) is 2.37. The SMILES string of the molecule is C#CC(CCC)NC(=O)c1ccc(C(F)(F)F)cc1. The zero-order chi connectivity index (χ0) is 14.5. The molecule has 0 bridgehead atoms. The summed E-state index contributed by atoms with van der Waals surface area (Å²) in [7, 11) is 0. The van der Waals surface area contributed by atoms with E-state index in [1.165, 1.54) is 0 Å². The third kappa shape index (κ3) is 4.32. The molecule has 2 nitrogen and oxygen atoms in total. The summed E-state index contributed by atoms with van der Waals surface area (Å²) in [6.07, 6.45) is 2.28. The van der Waals surface area contributed by atoms with Crippen LogP contribution in [0.1, 0.15) is 35.7 Å². The summed E-state index contributed by atoms with van der Waals surface area (Å²) in [5.74, 6) is 1.96. The van der Waals surface area contributed by atoms with Crippen molar-refractivity contribution in [1.82, 2.24) is 5.32 Å². The van der Waals surface area contributed by atoms with Crippen molar-refractivity contribution in [3.05, 3.63) is 35.4 Å². The van der Waals surface area contributed by atoms with Crippen LogP contribution in [0.5, 0.6) is 0 Å². The first-order valence-corrected chi connectivity index (χ1v) is 5.82. The quantitative estimate of drug-likeness (QED) is 0.835. The number of carbonyl (C=O) groups excluding carboxylic acids is 1. The Hall–Kier alpha value is -1.96. The molecule has 0 saturated carbocycles. The molecule has 0 fully saturated rings. The monoisotopic (exact) mass is 269 g/mol. The molecule has 1 aromatic carbocycles. The summed E-state index contributed by atoms with van der Waals surface area (Å²) in [4.78, 5) is 11.8. The molecule has 102 valence electrons. The molecule has 1 N–H and O–H groups in total. The molecule has 0 radical (unpaired) electrons. The van der Waals surface area contributed by atoms with Crippen molar-refractivity contribution >= 4 is 5.91 Å². The maximum absolute atomic E-state index is 12.4. The largest absolute Gasteiger partial charge is 0.416 e. The molecular weight excluding hydrogens is 255 g/mol. The van der Waals surface area contributed by atoms with Gasteiger partial charge in [-0.15, -0.1) is 6.42 Å². The van der Waals surface area contributed by atoms with Gasteiger partial charge in [0.2, 0.25) is 0 Å². The van der Waals surface area contributed by atoms with Crippen molar-refractivity contribution in [2.24, 2.45) is 0 Å². The van der Waals surface area contributed by atoms with Gasteiger partial charge in [-0.3, -0.25) is 4.79 Å². The van der Waals surface area contributed by atoms with Gasteiger partial charge in [0.05, 0.1) is 11.6 Å². The van der Waals surface area contributed by atoms with E-state index < -0.39 is 23.7 Å². The lowest BCUT2D eigenvalue weighted by molar-refractivity contribution is -0.137. The van der Waals surface area contributed by atoms with E-state index in [-0.39, 0.29) is 5.56 Å². The van der Waals surface area contributed by atoms with Crippen molar-refractivity contribution in [3.63, 3.8) is 0 Å². The zero-order valence-electron chi connectivity index (χ0n) is 10.4. The molecule has 0 heterocycles. The van der Waals surface area contributed by atoms with Crippen LogP contribution in [-0.4, -0.2) is 11.9 Å². The van der Waals surface area contributed by atoms with Crippen molar-refractivity contribution in [1.29, 1.82) is 0 Å². The lowest BCUT2D eigenvalue weighted by atomic mass is 10.1. The normalized spacial score (nSPS) is 12.6. The zero-order valence-corrected chi connectivity index (χ0v) is 10.4. The molecule has 1 atom stereocenters. The van der Waals surface area contributed by atoms with Gasteiger partial charge in [0.1, 0.15) is 0 Å².